The summed E-state index contributed by atoms with van der Waals surface area (Å²) in [4.78, 5) is 34.2. The highest BCUT2D eigenvalue weighted by Gasteiger charge is 2.35. The monoisotopic (exact) mass is 818 g/mol. The molecule has 0 saturated carbocycles. The lowest BCUT2D eigenvalue weighted by atomic mass is 10.2. The number of halogens is 3. The van der Waals surface area contributed by atoms with E-state index in [0.717, 1.165) is 60.8 Å². The number of carbonyl (C=O) groups is 3. The standard InChI is InChI=1S/C30H33Br2FN4O3.C5H8N2OS/c1-2-3-4-29(38)34-13-14-35-30(39)19-40-24-9-7-23(8-10-24)36-17-22(33)18-37-27-11-5-20(31)15-25(27)26-16-21(32)6-12-28(26)37;8-5-6-3-1-9-2-4(3)7-5/h5-12,15-16,22,36H,2-4,13-14,17-19H2,1H3,(H,34,38)(H,35,39);3-4H,1-2H2,(H2,6,7,8). The maximum Gasteiger partial charge on any atom is 0.315 e. The number of urea groups is 1. The van der Waals surface area contributed by atoms with Crippen molar-refractivity contribution in [2.75, 3.05) is 43.1 Å². The van der Waals surface area contributed by atoms with Crippen LogP contribution in [0.15, 0.2) is 69.6 Å². The lowest BCUT2D eigenvalue weighted by Crippen LogP contribution is -2.36. The van der Waals surface area contributed by atoms with E-state index in [4.69, 9.17) is 4.74 Å². The molecule has 2 fully saturated rings. The highest BCUT2D eigenvalue weighted by molar-refractivity contribution is 9.10. The Bertz CT molecular complexity index is 1680. The first-order chi connectivity index (χ1) is 23.7. The molecule has 49 heavy (non-hydrogen) atoms. The first-order valence-corrected chi connectivity index (χ1v) is 19.1. The zero-order valence-electron chi connectivity index (χ0n) is 27.2. The molecule has 3 heterocycles. The number of amides is 4. The Morgan fingerprint density at radius 2 is 1.53 bits per heavy atom. The van der Waals surface area contributed by atoms with Crippen LogP contribution >= 0.6 is 43.6 Å². The first-order valence-electron chi connectivity index (χ1n) is 16.4. The number of anilines is 1. The summed E-state index contributed by atoms with van der Waals surface area (Å²) < 4.78 is 24.7. The molecular weight excluding hydrogens is 779 g/mol. The van der Waals surface area contributed by atoms with E-state index in [1.54, 1.807) is 24.3 Å². The van der Waals surface area contributed by atoms with Crippen LogP contribution in [0.1, 0.15) is 26.2 Å². The number of benzene rings is 3. The molecule has 6 rings (SSSR count). The molecule has 5 N–H and O–H groups in total. The Morgan fingerprint density at radius 1 is 0.939 bits per heavy atom. The number of nitrogens with zero attached hydrogens (tertiary/aromatic N) is 1. The number of thioether (sulfide) groups is 1. The van der Waals surface area contributed by atoms with Crippen molar-refractivity contribution >= 4 is 89.0 Å². The molecule has 0 spiro atoms. The van der Waals surface area contributed by atoms with Gasteiger partial charge in [0.05, 0.1) is 18.6 Å². The first kappa shape index (κ1) is 36.8. The summed E-state index contributed by atoms with van der Waals surface area (Å²) in [5.41, 5.74) is 2.73. The number of hydrogen-bond donors (Lipinski definition) is 5. The second-order valence-corrected chi connectivity index (χ2v) is 14.8. The zero-order chi connectivity index (χ0) is 34.8. The Kier molecular flexibility index (Phi) is 13.5. The van der Waals surface area contributed by atoms with Crippen LogP contribution in [0.2, 0.25) is 0 Å². The Hall–Kier alpha value is -3.49. The Morgan fingerprint density at radius 3 is 2.12 bits per heavy atom. The molecule has 2 saturated heterocycles. The summed E-state index contributed by atoms with van der Waals surface area (Å²) in [6.45, 7) is 2.99. The van der Waals surface area contributed by atoms with Crippen LogP contribution < -0.4 is 31.3 Å². The molecule has 262 valence electrons. The number of nitrogens with one attached hydrogen (secondary N) is 5. The molecule has 4 amide bonds. The molecule has 0 radical (unpaired) electrons. The minimum atomic E-state index is -1.12. The maximum absolute atomic E-state index is 15.2. The van der Waals surface area contributed by atoms with Gasteiger partial charge in [0.1, 0.15) is 11.9 Å². The minimum Gasteiger partial charge on any atom is -0.484 e. The fourth-order valence-corrected chi connectivity index (χ4v) is 7.65. The van der Waals surface area contributed by atoms with Crippen molar-refractivity contribution in [3.63, 3.8) is 0 Å². The van der Waals surface area contributed by atoms with E-state index in [0.29, 0.717) is 37.3 Å². The lowest BCUT2D eigenvalue weighted by molar-refractivity contribution is -0.124. The van der Waals surface area contributed by atoms with Crippen LogP contribution in [0.4, 0.5) is 14.9 Å². The number of unbranched alkanes of at least 4 members (excludes halogenated alkanes) is 1. The summed E-state index contributed by atoms with van der Waals surface area (Å²) in [5.74, 6) is 2.41. The van der Waals surface area contributed by atoms with Crippen molar-refractivity contribution in [3.05, 3.63) is 69.6 Å². The van der Waals surface area contributed by atoms with Crippen molar-refractivity contribution in [1.29, 1.82) is 0 Å². The van der Waals surface area contributed by atoms with E-state index in [1.165, 1.54) is 0 Å². The van der Waals surface area contributed by atoms with Crippen LogP contribution in [0.25, 0.3) is 21.8 Å². The molecule has 2 aliphatic heterocycles. The number of aromatic nitrogens is 1. The van der Waals surface area contributed by atoms with Gasteiger partial charge < -0.3 is 35.9 Å². The Labute approximate surface area is 306 Å². The van der Waals surface area contributed by atoms with Gasteiger partial charge in [0.15, 0.2) is 6.61 Å². The molecule has 2 aliphatic rings. The van der Waals surface area contributed by atoms with E-state index in [-0.39, 0.29) is 37.5 Å². The number of ether oxygens (including phenoxy) is 1. The van der Waals surface area contributed by atoms with E-state index >= 15 is 4.39 Å². The molecule has 0 bridgehead atoms. The minimum absolute atomic E-state index is 0.00491. The van der Waals surface area contributed by atoms with Gasteiger partial charge in [-0.2, -0.15) is 11.8 Å². The molecule has 3 unspecified atom stereocenters. The van der Waals surface area contributed by atoms with Gasteiger partial charge in [0.25, 0.3) is 5.91 Å². The third kappa shape index (κ3) is 10.5. The van der Waals surface area contributed by atoms with Crippen LogP contribution in [0, 0.1) is 0 Å². The van der Waals surface area contributed by atoms with Gasteiger partial charge in [-0.15, -0.1) is 0 Å². The molecule has 1 aromatic heterocycles. The van der Waals surface area contributed by atoms with Crippen LogP contribution in [-0.2, 0) is 16.1 Å². The van der Waals surface area contributed by atoms with Gasteiger partial charge in [-0.25, -0.2) is 9.18 Å². The summed E-state index contributed by atoms with van der Waals surface area (Å²) in [6, 6.07) is 20.0. The molecule has 14 heteroatoms. The predicted molar refractivity (Wildman–Crippen MR) is 202 cm³/mol. The third-order valence-corrected chi connectivity index (χ3v) is 10.3. The second-order valence-electron chi connectivity index (χ2n) is 11.9. The number of carbonyl (C=O) groups excluding carboxylic acids is 3. The van der Waals surface area contributed by atoms with Gasteiger partial charge in [-0.1, -0.05) is 45.2 Å². The van der Waals surface area contributed by atoms with E-state index in [9.17, 15) is 14.4 Å². The summed E-state index contributed by atoms with van der Waals surface area (Å²) in [5, 5.41) is 16.5. The van der Waals surface area contributed by atoms with Crippen LogP contribution in [0.3, 0.4) is 0 Å². The van der Waals surface area contributed by atoms with E-state index in [1.807, 2.05) is 47.5 Å². The highest BCUT2D eigenvalue weighted by Crippen LogP contribution is 2.33. The molecule has 4 aromatic rings. The normalized spacial score (nSPS) is 17.0. The maximum atomic E-state index is 15.2. The zero-order valence-corrected chi connectivity index (χ0v) is 31.2. The van der Waals surface area contributed by atoms with Crippen molar-refractivity contribution in [1.82, 2.24) is 25.8 Å². The number of hydrogen-bond acceptors (Lipinski definition) is 6. The van der Waals surface area contributed by atoms with Gasteiger partial charge in [-0.3, -0.25) is 9.59 Å². The van der Waals surface area contributed by atoms with Gasteiger partial charge in [0, 0.05) is 74.0 Å². The second kappa shape index (κ2) is 18.0. The average Bonchev–Trinajstić information content (AvgIpc) is 3.76. The van der Waals surface area contributed by atoms with Crippen molar-refractivity contribution in [3.8, 4) is 5.75 Å². The summed E-state index contributed by atoms with van der Waals surface area (Å²) in [6.07, 6.45) is 1.20. The third-order valence-electron chi connectivity index (χ3n) is 8.16. The van der Waals surface area contributed by atoms with Crippen molar-refractivity contribution in [2.24, 2.45) is 0 Å². The quantitative estimate of drug-likeness (QED) is 0.0746. The number of alkyl halides is 1. The number of rotatable bonds is 14. The van der Waals surface area contributed by atoms with E-state index in [2.05, 4.69) is 70.6 Å². The van der Waals surface area contributed by atoms with Gasteiger partial charge in [-0.05, 0) is 67.1 Å². The fraction of sp³-hybridized carbons (Fsp3) is 0.400. The largest absolute Gasteiger partial charge is 0.484 e. The molecule has 0 aliphatic carbocycles. The van der Waals surface area contributed by atoms with Gasteiger partial charge >= 0.3 is 6.03 Å². The smallest absolute Gasteiger partial charge is 0.315 e. The lowest BCUT2D eigenvalue weighted by Gasteiger charge is -2.14. The SMILES string of the molecule is CCCCC(=O)NCCNC(=O)COc1ccc(NCC(F)Cn2c3ccc(Br)cc3c3cc(Br)ccc32)cc1.O=C1NC2CSCC2N1. The summed E-state index contributed by atoms with van der Waals surface area (Å²) in [7, 11) is 0. The van der Waals surface area contributed by atoms with Crippen molar-refractivity contribution in [2.45, 2.75) is 51.0 Å². The van der Waals surface area contributed by atoms with Crippen LogP contribution in [0.5, 0.6) is 5.75 Å². The molecular formula is C35H41Br2FN6O4S. The predicted octanol–water partition coefficient (Wildman–Crippen LogP) is 6.35. The average molecular weight is 821 g/mol. The fourth-order valence-electron chi connectivity index (χ4n) is 5.65. The van der Waals surface area contributed by atoms with E-state index < -0.39 is 6.17 Å². The number of fused-ring (bicyclic) bond motifs is 4. The van der Waals surface area contributed by atoms with Crippen molar-refractivity contribution < 1.29 is 23.5 Å². The molecule has 3 atom stereocenters. The van der Waals surface area contributed by atoms with Crippen LogP contribution in [-0.4, -0.2) is 78.4 Å². The van der Waals surface area contributed by atoms with Gasteiger partial charge in [0.2, 0.25) is 5.91 Å². The topological polar surface area (TPSA) is 126 Å². The Balaban J connectivity index is 0.000000444. The highest BCUT2D eigenvalue weighted by atomic mass is 79.9. The molecule has 10 nitrogen and oxygen atoms in total. The molecule has 3 aromatic carbocycles. The summed E-state index contributed by atoms with van der Waals surface area (Å²) >= 11 is 8.98.